The molecule has 1 aromatic heterocycles. The Hall–Kier alpha value is -4.70. The minimum atomic E-state index is -0.127. The molecule has 11 rings (SSSR count). The molecule has 69 heavy (non-hydrogen) atoms. The van der Waals surface area contributed by atoms with Gasteiger partial charge in [0.15, 0.2) is 0 Å². The highest BCUT2D eigenvalue weighted by Gasteiger charge is 2.50. The molecule has 3 aliphatic carbocycles. The molecule has 5 aliphatic rings. The summed E-state index contributed by atoms with van der Waals surface area (Å²) in [5.74, 6) is 0.979. The van der Waals surface area contributed by atoms with Gasteiger partial charge in [-0.05, 0) is 198 Å². The van der Waals surface area contributed by atoms with Crippen LogP contribution < -0.4 is 26.2 Å². The van der Waals surface area contributed by atoms with Crippen molar-refractivity contribution in [2.24, 2.45) is 0 Å². The first kappa shape index (κ1) is 46.7. The van der Waals surface area contributed by atoms with Crippen LogP contribution in [0.15, 0.2) is 77.2 Å². The lowest BCUT2D eigenvalue weighted by molar-refractivity contribution is 0.332. The highest BCUT2D eigenvalue weighted by atomic mass is 16.4. The van der Waals surface area contributed by atoms with Crippen LogP contribution in [0.1, 0.15) is 213 Å². The predicted octanol–water partition coefficient (Wildman–Crippen LogP) is 16.5. The van der Waals surface area contributed by atoms with E-state index in [9.17, 15) is 0 Å². The van der Waals surface area contributed by atoms with E-state index in [0.717, 1.165) is 24.3 Å². The summed E-state index contributed by atoms with van der Waals surface area (Å²) in [6.45, 7) is 46.1. The Morgan fingerprint density at radius 2 is 0.913 bits per heavy atom. The predicted molar refractivity (Wildman–Crippen MR) is 298 cm³/mol. The highest BCUT2D eigenvalue weighted by molar-refractivity contribution is 7.01. The fourth-order valence-corrected chi connectivity index (χ4v) is 13.7. The molecule has 2 aliphatic heterocycles. The number of anilines is 6. The van der Waals surface area contributed by atoms with E-state index in [2.05, 4.69) is 214 Å². The second-order valence-electron chi connectivity index (χ2n) is 28.7. The smallest absolute Gasteiger partial charge is 0.257 e. The molecule has 0 spiro atoms. The van der Waals surface area contributed by atoms with Crippen molar-refractivity contribution in [3.05, 3.63) is 123 Å². The Morgan fingerprint density at radius 3 is 1.45 bits per heavy atom. The van der Waals surface area contributed by atoms with Gasteiger partial charge in [0.25, 0.3) is 6.71 Å². The van der Waals surface area contributed by atoms with Crippen LogP contribution in [0, 0.1) is 6.92 Å². The molecule has 0 saturated carbocycles. The Morgan fingerprint density at radius 1 is 0.435 bits per heavy atom. The Labute approximate surface area is 416 Å². The van der Waals surface area contributed by atoms with Gasteiger partial charge in [0.2, 0.25) is 5.88 Å². The van der Waals surface area contributed by atoms with Crippen LogP contribution in [-0.2, 0) is 43.3 Å². The van der Waals surface area contributed by atoms with E-state index >= 15 is 0 Å². The molecular formula is C65H81BN2O. The first-order chi connectivity index (χ1) is 31.8. The third-order valence-corrected chi connectivity index (χ3v) is 18.9. The minimum absolute atomic E-state index is 0.0363. The van der Waals surface area contributed by atoms with Gasteiger partial charge in [0.05, 0.1) is 0 Å². The summed E-state index contributed by atoms with van der Waals surface area (Å²) in [6.07, 6.45) is 7.02. The summed E-state index contributed by atoms with van der Waals surface area (Å²) in [4.78, 5) is 5.29. The number of rotatable bonds is 2. The second kappa shape index (κ2) is 14.3. The summed E-state index contributed by atoms with van der Waals surface area (Å²) in [5, 5.41) is 1.27. The van der Waals surface area contributed by atoms with Crippen molar-refractivity contribution in [2.75, 3.05) is 9.80 Å². The topological polar surface area (TPSA) is 19.6 Å². The van der Waals surface area contributed by atoms with Crippen molar-refractivity contribution in [3.8, 4) is 0 Å². The first-order valence-electron chi connectivity index (χ1n) is 26.7. The van der Waals surface area contributed by atoms with Crippen LogP contribution in [0.4, 0.5) is 34.3 Å². The van der Waals surface area contributed by atoms with Crippen LogP contribution >= 0.6 is 0 Å². The third-order valence-electron chi connectivity index (χ3n) is 18.9. The fourth-order valence-electron chi connectivity index (χ4n) is 13.7. The summed E-state index contributed by atoms with van der Waals surface area (Å²) >= 11 is 0. The molecule has 3 nitrogen and oxygen atoms in total. The first-order valence-corrected chi connectivity index (χ1v) is 26.7. The van der Waals surface area contributed by atoms with Gasteiger partial charge >= 0.3 is 0 Å². The number of hydrogen-bond donors (Lipinski definition) is 0. The van der Waals surface area contributed by atoms with Gasteiger partial charge in [-0.15, -0.1) is 0 Å². The largest absolute Gasteiger partial charge is 0.440 e. The molecule has 0 atom stereocenters. The molecular weight excluding hydrogens is 836 g/mol. The highest BCUT2D eigenvalue weighted by Crippen LogP contribution is 2.55. The molecule has 0 unspecified atom stereocenters. The van der Waals surface area contributed by atoms with E-state index in [1.807, 2.05) is 0 Å². The molecule has 0 fully saturated rings. The number of fused-ring (bicyclic) bond motifs is 9. The van der Waals surface area contributed by atoms with Crippen LogP contribution in [0.25, 0.3) is 11.0 Å². The SMILES string of the molecule is Cc1cc(C(C)(C)C)ccc1N1c2cc3c(cc2B2c4c1cc(C(C)(C)C)cc4N(c1ccc4c(c1)C(C)(C)CCC4(C)C)c1oc4cc5c(cc4c12)C(C)(C)CCC5(C)C)C(C)(C)CCC3(C)C. The maximum absolute atomic E-state index is 7.69. The van der Waals surface area contributed by atoms with Gasteiger partial charge in [-0.3, -0.25) is 4.90 Å². The molecule has 0 radical (unpaired) electrons. The van der Waals surface area contributed by atoms with Crippen molar-refractivity contribution in [3.63, 3.8) is 0 Å². The Kier molecular flexibility index (Phi) is 9.64. The molecule has 6 aromatic rings. The molecule has 0 amide bonds. The molecule has 3 heterocycles. The summed E-state index contributed by atoms with van der Waals surface area (Å²) in [6, 6.07) is 30.3. The minimum Gasteiger partial charge on any atom is -0.440 e. The van der Waals surface area contributed by atoms with E-state index in [4.69, 9.17) is 4.42 Å². The molecule has 0 saturated heterocycles. The maximum atomic E-state index is 7.69. The van der Waals surface area contributed by atoms with E-state index in [-0.39, 0.29) is 50.0 Å². The van der Waals surface area contributed by atoms with Crippen LogP contribution in [0.2, 0.25) is 0 Å². The van der Waals surface area contributed by atoms with E-state index < -0.39 is 0 Å². The molecule has 5 aromatic carbocycles. The van der Waals surface area contributed by atoms with Crippen molar-refractivity contribution < 1.29 is 4.42 Å². The maximum Gasteiger partial charge on any atom is 0.257 e. The van der Waals surface area contributed by atoms with Gasteiger partial charge in [0.1, 0.15) is 5.58 Å². The lowest BCUT2D eigenvalue weighted by Gasteiger charge is -2.47. The van der Waals surface area contributed by atoms with Crippen LogP contribution in [0.5, 0.6) is 0 Å². The summed E-state index contributed by atoms with van der Waals surface area (Å²) in [7, 11) is 0. The number of hydrogen-bond acceptors (Lipinski definition) is 3. The van der Waals surface area contributed by atoms with E-state index in [0.29, 0.717) is 0 Å². The van der Waals surface area contributed by atoms with Crippen molar-refractivity contribution in [2.45, 2.75) is 213 Å². The fraction of sp³-hybridized carbons (Fsp3) is 0.508. The van der Waals surface area contributed by atoms with Crippen molar-refractivity contribution in [1.82, 2.24) is 0 Å². The Balaban J connectivity index is 1.32. The average molecular weight is 917 g/mol. The van der Waals surface area contributed by atoms with E-state index in [1.165, 1.54) is 126 Å². The number of benzene rings is 5. The average Bonchev–Trinajstić information content (AvgIpc) is 3.62. The molecule has 0 N–H and O–H groups in total. The van der Waals surface area contributed by atoms with Gasteiger partial charge in [-0.1, -0.05) is 149 Å². The molecule has 360 valence electrons. The third kappa shape index (κ3) is 6.85. The zero-order chi connectivity index (χ0) is 49.7. The van der Waals surface area contributed by atoms with Crippen LogP contribution in [-0.4, -0.2) is 6.71 Å². The summed E-state index contributed by atoms with van der Waals surface area (Å²) in [5.41, 5.74) is 24.5. The van der Waals surface area contributed by atoms with Crippen molar-refractivity contribution >= 4 is 68.4 Å². The quantitative estimate of drug-likeness (QED) is 0.161. The van der Waals surface area contributed by atoms with Gasteiger partial charge in [-0.2, -0.15) is 0 Å². The zero-order valence-electron chi connectivity index (χ0n) is 46.1. The summed E-state index contributed by atoms with van der Waals surface area (Å²) < 4.78 is 7.69. The lowest BCUT2D eigenvalue weighted by atomic mass is 9.33. The Bertz CT molecular complexity index is 3170. The van der Waals surface area contributed by atoms with E-state index in [1.54, 1.807) is 0 Å². The van der Waals surface area contributed by atoms with Crippen molar-refractivity contribution in [1.29, 1.82) is 0 Å². The van der Waals surface area contributed by atoms with Gasteiger partial charge < -0.3 is 9.32 Å². The number of aryl methyl sites for hydroxylation is 1. The number of furan rings is 1. The molecule has 4 heteroatoms. The normalized spacial score (nSPS) is 20.9. The second-order valence-corrected chi connectivity index (χ2v) is 28.7. The van der Waals surface area contributed by atoms with Crippen LogP contribution in [0.3, 0.4) is 0 Å². The van der Waals surface area contributed by atoms with Gasteiger partial charge in [-0.25, -0.2) is 0 Å². The zero-order valence-corrected chi connectivity index (χ0v) is 46.1. The molecule has 0 bridgehead atoms. The monoisotopic (exact) mass is 917 g/mol. The van der Waals surface area contributed by atoms with Gasteiger partial charge in [0, 0.05) is 39.3 Å². The lowest BCUT2D eigenvalue weighted by Crippen LogP contribution is -2.61. The standard InChI is InChI=1S/C65H81BN2O/c1-38-30-39(58(2,3)4)20-23-50(38)68-51-36-47-46(63(14,15)27-28-64(47,16)17)35-49(51)66-55-42-34-45-48(65(18,19)29-26-62(45,12)13)37-54(42)69-57(55)67(52-31-40(59(5,6)7)32-53(68)56(52)66)41-21-22-43-44(33-41)61(10,11)25-24-60(43,8)9/h20-23,30-37H,24-29H2,1-19H3. The number of nitrogens with zero attached hydrogens (tertiary/aromatic N) is 2.